The van der Waals surface area contributed by atoms with Gasteiger partial charge in [-0.25, -0.2) is 4.79 Å². The van der Waals surface area contributed by atoms with Gasteiger partial charge in [0.05, 0.1) is 11.4 Å². The molecule has 1 atom stereocenters. The van der Waals surface area contributed by atoms with Crippen molar-refractivity contribution >= 4 is 23.4 Å². The Morgan fingerprint density at radius 2 is 1.79 bits per heavy atom. The Kier molecular flexibility index (Phi) is 5.70. The monoisotopic (exact) mass is 333 g/mol. The first-order valence-electron chi connectivity index (χ1n) is 8.40. The van der Waals surface area contributed by atoms with Gasteiger partial charge in [-0.15, -0.1) is 0 Å². The van der Waals surface area contributed by atoms with Crippen LogP contribution in [0.4, 0.5) is 16.2 Å². The van der Waals surface area contributed by atoms with Crippen molar-refractivity contribution in [2.45, 2.75) is 52.2 Å². The summed E-state index contributed by atoms with van der Waals surface area (Å²) in [6, 6.07) is 7.05. The van der Waals surface area contributed by atoms with Gasteiger partial charge < -0.3 is 20.3 Å². The highest BCUT2D eigenvalue weighted by Gasteiger charge is 2.22. The molecule has 6 heteroatoms. The lowest BCUT2D eigenvalue weighted by Crippen LogP contribution is -2.44. The van der Waals surface area contributed by atoms with E-state index >= 15 is 0 Å². The first-order valence-corrected chi connectivity index (χ1v) is 8.40. The van der Waals surface area contributed by atoms with Gasteiger partial charge in [0.2, 0.25) is 5.91 Å². The highest BCUT2D eigenvalue weighted by atomic mass is 16.6. The molecule has 2 N–H and O–H groups in total. The maximum absolute atomic E-state index is 12.4. The summed E-state index contributed by atoms with van der Waals surface area (Å²) in [5.41, 5.74) is 1.19. The molecule has 1 heterocycles. The SMILES string of the molecule is C[C@@H](NC(=O)OC(C)(C)C)C(=O)Nc1ccccc1N1CCCC1. The molecule has 132 valence electrons. The van der Waals surface area contributed by atoms with Crippen LogP contribution in [0.5, 0.6) is 0 Å². The second-order valence-electron chi connectivity index (χ2n) is 7.07. The van der Waals surface area contributed by atoms with Crippen LogP contribution in [0.25, 0.3) is 0 Å². The van der Waals surface area contributed by atoms with Crippen LogP contribution in [0.15, 0.2) is 24.3 Å². The molecule has 6 nitrogen and oxygen atoms in total. The number of nitrogens with zero attached hydrogens (tertiary/aromatic N) is 1. The number of nitrogens with one attached hydrogen (secondary N) is 2. The number of carbonyl (C=O) groups is 2. The second kappa shape index (κ2) is 7.55. The maximum atomic E-state index is 12.4. The summed E-state index contributed by atoms with van der Waals surface area (Å²) in [6.45, 7) is 8.98. The molecule has 0 bridgehead atoms. The van der Waals surface area contributed by atoms with Gasteiger partial charge in [0.25, 0.3) is 0 Å². The van der Waals surface area contributed by atoms with Crippen LogP contribution in [-0.2, 0) is 9.53 Å². The molecule has 1 fully saturated rings. The minimum absolute atomic E-state index is 0.271. The first kappa shape index (κ1) is 18.1. The lowest BCUT2D eigenvalue weighted by Gasteiger charge is -2.23. The van der Waals surface area contributed by atoms with Crippen LogP contribution < -0.4 is 15.5 Å². The van der Waals surface area contributed by atoms with Gasteiger partial charge >= 0.3 is 6.09 Å². The van der Waals surface area contributed by atoms with E-state index in [0.29, 0.717) is 0 Å². The Morgan fingerprint density at radius 1 is 1.17 bits per heavy atom. The molecule has 1 aliphatic heterocycles. The average molecular weight is 333 g/mol. The molecule has 0 spiro atoms. The maximum Gasteiger partial charge on any atom is 0.408 e. The lowest BCUT2D eigenvalue weighted by atomic mass is 10.2. The Hall–Kier alpha value is -2.24. The van der Waals surface area contributed by atoms with E-state index in [0.717, 1.165) is 24.5 Å². The number of amides is 2. The zero-order valence-corrected chi connectivity index (χ0v) is 14.9. The topological polar surface area (TPSA) is 70.7 Å². The van der Waals surface area contributed by atoms with E-state index in [1.54, 1.807) is 27.7 Å². The summed E-state index contributed by atoms with van der Waals surface area (Å²) in [5.74, 6) is -0.271. The molecule has 0 radical (unpaired) electrons. The van der Waals surface area contributed by atoms with Gasteiger partial charge in [-0.3, -0.25) is 4.79 Å². The number of alkyl carbamates (subject to hydrolysis) is 1. The quantitative estimate of drug-likeness (QED) is 0.888. The molecule has 1 aliphatic rings. The Bertz CT molecular complexity index is 589. The number of rotatable bonds is 4. The number of hydrogen-bond acceptors (Lipinski definition) is 4. The first-order chi connectivity index (χ1) is 11.3. The Morgan fingerprint density at radius 3 is 2.42 bits per heavy atom. The third kappa shape index (κ3) is 5.15. The Labute approximate surface area is 143 Å². The zero-order valence-electron chi connectivity index (χ0n) is 14.9. The molecular weight excluding hydrogens is 306 g/mol. The molecule has 0 aromatic heterocycles. The number of ether oxygens (including phenoxy) is 1. The van der Waals surface area contributed by atoms with Gasteiger partial charge in [0.15, 0.2) is 0 Å². The van der Waals surface area contributed by atoms with Crippen molar-refractivity contribution in [2.75, 3.05) is 23.3 Å². The summed E-state index contributed by atoms with van der Waals surface area (Å²) in [6.07, 6.45) is 1.73. The number of hydrogen-bond donors (Lipinski definition) is 2. The van der Waals surface area contributed by atoms with E-state index in [2.05, 4.69) is 15.5 Å². The van der Waals surface area contributed by atoms with Crippen LogP contribution in [0.2, 0.25) is 0 Å². The van der Waals surface area contributed by atoms with Gasteiger partial charge in [0, 0.05) is 13.1 Å². The molecule has 1 aromatic rings. The third-order valence-electron chi connectivity index (χ3n) is 3.74. The minimum atomic E-state index is -0.688. The van der Waals surface area contributed by atoms with Gasteiger partial charge in [-0.2, -0.15) is 0 Å². The van der Waals surface area contributed by atoms with E-state index in [9.17, 15) is 9.59 Å². The minimum Gasteiger partial charge on any atom is -0.444 e. The van der Waals surface area contributed by atoms with Crippen LogP contribution in [-0.4, -0.2) is 36.7 Å². The van der Waals surface area contributed by atoms with E-state index in [1.165, 1.54) is 12.8 Å². The van der Waals surface area contributed by atoms with Crippen molar-refractivity contribution in [3.63, 3.8) is 0 Å². The molecule has 24 heavy (non-hydrogen) atoms. The fourth-order valence-corrected chi connectivity index (χ4v) is 2.60. The van der Waals surface area contributed by atoms with Gasteiger partial charge in [-0.1, -0.05) is 12.1 Å². The van der Waals surface area contributed by atoms with E-state index in [1.807, 2.05) is 24.3 Å². The normalized spacial score (nSPS) is 15.8. The van der Waals surface area contributed by atoms with Crippen molar-refractivity contribution in [2.24, 2.45) is 0 Å². The summed E-state index contributed by atoms with van der Waals surface area (Å²) >= 11 is 0. The molecule has 0 saturated carbocycles. The summed E-state index contributed by atoms with van der Waals surface area (Å²) in [4.78, 5) is 26.4. The van der Waals surface area contributed by atoms with E-state index in [-0.39, 0.29) is 5.91 Å². The molecule has 1 saturated heterocycles. The number of para-hydroxylation sites is 2. The van der Waals surface area contributed by atoms with Crippen molar-refractivity contribution in [1.82, 2.24) is 5.32 Å². The van der Waals surface area contributed by atoms with Crippen LogP contribution >= 0.6 is 0 Å². The average Bonchev–Trinajstić information content (AvgIpc) is 2.99. The van der Waals surface area contributed by atoms with Crippen molar-refractivity contribution < 1.29 is 14.3 Å². The van der Waals surface area contributed by atoms with E-state index in [4.69, 9.17) is 4.74 Å². The highest BCUT2D eigenvalue weighted by molar-refractivity contribution is 5.98. The number of anilines is 2. The third-order valence-corrected chi connectivity index (χ3v) is 3.74. The largest absolute Gasteiger partial charge is 0.444 e. The molecule has 0 unspecified atom stereocenters. The van der Waals surface area contributed by atoms with E-state index < -0.39 is 17.7 Å². The van der Waals surface area contributed by atoms with Crippen molar-refractivity contribution in [1.29, 1.82) is 0 Å². The lowest BCUT2D eigenvalue weighted by molar-refractivity contribution is -0.117. The van der Waals surface area contributed by atoms with Crippen molar-refractivity contribution in [3.8, 4) is 0 Å². The van der Waals surface area contributed by atoms with Crippen LogP contribution in [0.3, 0.4) is 0 Å². The summed E-state index contributed by atoms with van der Waals surface area (Å²) in [5, 5.41) is 5.46. The summed E-state index contributed by atoms with van der Waals surface area (Å²) in [7, 11) is 0. The summed E-state index contributed by atoms with van der Waals surface area (Å²) < 4.78 is 5.18. The predicted molar refractivity (Wildman–Crippen MR) is 95.4 cm³/mol. The standard InChI is InChI=1S/C18H27N3O3/c1-13(19-17(23)24-18(2,3)4)16(22)20-14-9-5-6-10-15(14)21-11-7-8-12-21/h5-6,9-10,13H,7-8,11-12H2,1-4H3,(H,19,23)(H,20,22)/t13-/m1/s1. The number of carbonyl (C=O) groups excluding carboxylic acids is 2. The fourth-order valence-electron chi connectivity index (χ4n) is 2.60. The predicted octanol–water partition coefficient (Wildman–Crippen LogP) is 3.14. The second-order valence-corrected chi connectivity index (χ2v) is 7.07. The van der Waals surface area contributed by atoms with Gasteiger partial charge in [-0.05, 0) is 52.7 Å². The molecule has 1 aromatic carbocycles. The highest BCUT2D eigenvalue weighted by Crippen LogP contribution is 2.28. The zero-order chi connectivity index (χ0) is 17.7. The van der Waals surface area contributed by atoms with Crippen molar-refractivity contribution in [3.05, 3.63) is 24.3 Å². The van der Waals surface area contributed by atoms with Gasteiger partial charge in [0.1, 0.15) is 11.6 Å². The Balaban J connectivity index is 1.98. The molecular formula is C18H27N3O3. The van der Waals surface area contributed by atoms with Crippen LogP contribution in [0.1, 0.15) is 40.5 Å². The van der Waals surface area contributed by atoms with Crippen LogP contribution in [0, 0.1) is 0 Å². The fraction of sp³-hybridized carbons (Fsp3) is 0.556. The molecule has 2 amide bonds. The smallest absolute Gasteiger partial charge is 0.408 e. The molecule has 0 aliphatic carbocycles. The molecule has 2 rings (SSSR count). The number of benzene rings is 1.